The van der Waals surface area contributed by atoms with Crippen molar-refractivity contribution in [1.82, 2.24) is 15.3 Å². The van der Waals surface area contributed by atoms with Gasteiger partial charge in [0, 0.05) is 31.2 Å². The minimum atomic E-state index is -4.65. The van der Waals surface area contributed by atoms with Crippen LogP contribution in [0.3, 0.4) is 0 Å². The monoisotopic (exact) mass is 527 g/mol. The van der Waals surface area contributed by atoms with Crippen LogP contribution in [-0.2, 0) is 16.2 Å². The first-order chi connectivity index (χ1) is 16.0. The number of sulfonamides is 1. The highest BCUT2D eigenvalue weighted by Gasteiger charge is 2.35. The third kappa shape index (κ3) is 6.03. The van der Waals surface area contributed by atoms with Crippen LogP contribution in [0, 0.1) is 6.92 Å². The summed E-state index contributed by atoms with van der Waals surface area (Å²) in [5.41, 5.74) is -0.441. The van der Waals surface area contributed by atoms with Crippen LogP contribution in [0.4, 0.5) is 24.8 Å². The number of piperazine rings is 1. The summed E-state index contributed by atoms with van der Waals surface area (Å²) in [7, 11) is -4.19. The van der Waals surface area contributed by atoms with Gasteiger partial charge in [0.1, 0.15) is 11.6 Å². The van der Waals surface area contributed by atoms with E-state index >= 15 is 0 Å². The van der Waals surface area contributed by atoms with E-state index in [0.717, 1.165) is 18.7 Å². The highest BCUT2D eigenvalue weighted by molar-refractivity contribution is 7.92. The van der Waals surface area contributed by atoms with E-state index in [1.807, 2.05) is 11.8 Å². The van der Waals surface area contributed by atoms with Gasteiger partial charge in [-0.15, -0.1) is 12.4 Å². The molecule has 2 N–H and O–H groups in total. The average molecular weight is 528 g/mol. The minimum absolute atomic E-state index is 0. The van der Waals surface area contributed by atoms with Crippen LogP contribution in [0.15, 0.2) is 59.6 Å². The predicted molar refractivity (Wildman–Crippen MR) is 131 cm³/mol. The van der Waals surface area contributed by atoms with Crippen LogP contribution in [0.2, 0.25) is 0 Å². The van der Waals surface area contributed by atoms with Gasteiger partial charge in [0.25, 0.3) is 10.0 Å². The molecule has 3 aromatic rings. The molecule has 35 heavy (non-hydrogen) atoms. The van der Waals surface area contributed by atoms with Gasteiger partial charge in [-0.2, -0.15) is 21.6 Å². The van der Waals surface area contributed by atoms with Crippen LogP contribution < -0.4 is 14.9 Å². The first-order valence-corrected chi connectivity index (χ1v) is 12.2. The molecule has 188 valence electrons. The summed E-state index contributed by atoms with van der Waals surface area (Å²) < 4.78 is 69.3. The van der Waals surface area contributed by atoms with Gasteiger partial charge in [-0.3, -0.25) is 4.72 Å². The molecule has 0 radical (unpaired) electrons. The van der Waals surface area contributed by atoms with Gasteiger partial charge in [0.15, 0.2) is 5.03 Å². The summed E-state index contributed by atoms with van der Waals surface area (Å²) in [5.74, 6) is 0.284. The van der Waals surface area contributed by atoms with Crippen molar-refractivity contribution in [3.05, 3.63) is 65.7 Å². The maximum Gasteiger partial charge on any atom is 0.418 e. The first-order valence-electron chi connectivity index (χ1n) is 10.7. The number of hydrogen-bond acceptors (Lipinski definition) is 6. The standard InChI is InChI=1S/C23H24F3N5O2S.ClH/c1-15-6-3-4-7-17(15)22-18(23(24,25)26)10-11-19(28-22)30-34(32,33)21-9-5-8-20(29-21)31-13-12-27-16(2)14-31;/h3-11,16,27H,12-14H2,1-2H3,(H,28,30);1H/t16-;/m1./s1. The number of nitrogens with one attached hydrogen (secondary N) is 2. The lowest BCUT2D eigenvalue weighted by atomic mass is 10.0. The lowest BCUT2D eigenvalue weighted by molar-refractivity contribution is -0.137. The number of alkyl halides is 3. The molecule has 1 saturated heterocycles. The molecule has 0 amide bonds. The van der Waals surface area contributed by atoms with Gasteiger partial charge in [-0.25, -0.2) is 9.97 Å². The SMILES string of the molecule is Cc1ccccc1-c1nc(NS(=O)(=O)c2cccc(N3CCN[C@H](C)C3)n2)ccc1C(F)(F)F.Cl. The van der Waals surface area contributed by atoms with Gasteiger partial charge in [-0.1, -0.05) is 30.3 Å². The second-order valence-electron chi connectivity index (χ2n) is 8.15. The van der Waals surface area contributed by atoms with E-state index < -0.39 is 21.8 Å². The van der Waals surface area contributed by atoms with E-state index in [-0.39, 0.29) is 40.6 Å². The Labute approximate surface area is 208 Å². The molecule has 3 heterocycles. The van der Waals surface area contributed by atoms with E-state index in [1.165, 1.54) is 12.1 Å². The number of benzene rings is 1. The molecular formula is C23H25ClF3N5O2S. The van der Waals surface area contributed by atoms with Crippen molar-refractivity contribution in [3.8, 4) is 11.3 Å². The van der Waals surface area contributed by atoms with Crippen molar-refractivity contribution in [2.75, 3.05) is 29.3 Å². The van der Waals surface area contributed by atoms with Crippen LogP contribution >= 0.6 is 12.4 Å². The minimum Gasteiger partial charge on any atom is -0.354 e. The number of anilines is 2. The number of pyridine rings is 2. The third-order valence-corrected chi connectivity index (χ3v) is 6.77. The second kappa shape index (κ2) is 10.4. The number of hydrogen-bond donors (Lipinski definition) is 2. The first kappa shape index (κ1) is 26.7. The average Bonchev–Trinajstić information content (AvgIpc) is 2.78. The van der Waals surface area contributed by atoms with Crippen molar-refractivity contribution in [1.29, 1.82) is 0 Å². The van der Waals surface area contributed by atoms with Gasteiger partial charge < -0.3 is 10.2 Å². The van der Waals surface area contributed by atoms with Gasteiger partial charge >= 0.3 is 6.18 Å². The summed E-state index contributed by atoms with van der Waals surface area (Å²) in [5, 5.41) is 3.07. The van der Waals surface area contributed by atoms with Crippen LogP contribution in [-0.4, -0.2) is 44.1 Å². The Bertz CT molecular complexity index is 1300. The lowest BCUT2D eigenvalue weighted by Crippen LogP contribution is -2.49. The van der Waals surface area contributed by atoms with Crippen molar-refractivity contribution >= 4 is 34.1 Å². The normalized spacial score (nSPS) is 16.5. The summed E-state index contributed by atoms with van der Waals surface area (Å²) >= 11 is 0. The zero-order valence-electron chi connectivity index (χ0n) is 19.0. The molecule has 1 aromatic carbocycles. The lowest BCUT2D eigenvalue weighted by Gasteiger charge is -2.32. The zero-order chi connectivity index (χ0) is 24.5. The zero-order valence-corrected chi connectivity index (χ0v) is 20.6. The van der Waals surface area contributed by atoms with Gasteiger partial charge in [0.2, 0.25) is 0 Å². The van der Waals surface area contributed by atoms with Crippen LogP contribution in [0.25, 0.3) is 11.3 Å². The molecule has 0 spiro atoms. The predicted octanol–water partition coefficient (Wildman–Crippen LogP) is 4.49. The summed E-state index contributed by atoms with van der Waals surface area (Å²) in [6.07, 6.45) is -4.65. The van der Waals surface area contributed by atoms with E-state index in [1.54, 1.807) is 37.3 Å². The summed E-state index contributed by atoms with van der Waals surface area (Å²) in [6, 6.07) is 13.2. The molecule has 1 aliphatic heterocycles. The molecule has 4 rings (SSSR count). The molecule has 1 fully saturated rings. The molecule has 7 nitrogen and oxygen atoms in total. The fourth-order valence-electron chi connectivity index (χ4n) is 3.85. The molecule has 12 heteroatoms. The maximum atomic E-state index is 13.7. The molecule has 2 aromatic heterocycles. The van der Waals surface area contributed by atoms with Crippen molar-refractivity contribution in [3.63, 3.8) is 0 Å². The van der Waals surface area contributed by atoms with E-state index in [4.69, 9.17) is 0 Å². The highest BCUT2D eigenvalue weighted by atomic mass is 35.5. The van der Waals surface area contributed by atoms with E-state index in [9.17, 15) is 21.6 Å². The van der Waals surface area contributed by atoms with Crippen molar-refractivity contribution < 1.29 is 21.6 Å². The maximum absolute atomic E-state index is 13.7. The Kier molecular flexibility index (Phi) is 7.93. The Morgan fingerprint density at radius 2 is 1.80 bits per heavy atom. The summed E-state index contributed by atoms with van der Waals surface area (Å²) in [6.45, 7) is 5.78. The van der Waals surface area contributed by atoms with E-state index in [0.29, 0.717) is 24.5 Å². The highest BCUT2D eigenvalue weighted by Crippen LogP contribution is 2.38. The Hall–Kier alpha value is -2.89. The van der Waals surface area contributed by atoms with Crippen molar-refractivity contribution in [2.45, 2.75) is 31.1 Å². The number of nitrogens with zero attached hydrogens (tertiary/aromatic N) is 3. The molecule has 0 aliphatic carbocycles. The molecular weight excluding hydrogens is 503 g/mol. The second-order valence-corrected chi connectivity index (χ2v) is 9.78. The number of halogens is 4. The van der Waals surface area contributed by atoms with Gasteiger partial charge in [-0.05, 0) is 43.7 Å². The van der Waals surface area contributed by atoms with Crippen molar-refractivity contribution in [2.24, 2.45) is 0 Å². The largest absolute Gasteiger partial charge is 0.418 e. The van der Waals surface area contributed by atoms with Crippen LogP contribution in [0.5, 0.6) is 0 Å². The number of aromatic nitrogens is 2. The Morgan fingerprint density at radius 3 is 2.49 bits per heavy atom. The number of rotatable bonds is 5. The fourth-order valence-corrected chi connectivity index (χ4v) is 4.81. The third-order valence-electron chi connectivity index (χ3n) is 5.52. The molecule has 0 unspecified atom stereocenters. The quantitative estimate of drug-likeness (QED) is 0.508. The smallest absolute Gasteiger partial charge is 0.354 e. The molecule has 0 saturated carbocycles. The Balaban J connectivity index is 0.00000342. The van der Waals surface area contributed by atoms with Gasteiger partial charge in [0.05, 0.1) is 11.3 Å². The van der Waals surface area contributed by atoms with E-state index in [2.05, 4.69) is 20.0 Å². The molecule has 1 atom stereocenters. The number of aryl methyl sites for hydroxylation is 1. The Morgan fingerprint density at radius 1 is 1.06 bits per heavy atom. The summed E-state index contributed by atoms with van der Waals surface area (Å²) in [4.78, 5) is 10.3. The fraction of sp³-hybridized carbons (Fsp3) is 0.304. The topological polar surface area (TPSA) is 87.2 Å². The molecule has 0 bridgehead atoms. The molecule has 1 aliphatic rings. The van der Waals surface area contributed by atoms with Crippen LogP contribution in [0.1, 0.15) is 18.1 Å².